The first-order chi connectivity index (χ1) is 10.2. The molecule has 0 amide bonds. The van der Waals surface area contributed by atoms with Gasteiger partial charge in [-0.3, -0.25) is 4.21 Å². The second-order valence-electron chi connectivity index (χ2n) is 4.58. The molecule has 3 rings (SSSR count). The van der Waals surface area contributed by atoms with Gasteiger partial charge in [0.05, 0.1) is 39.2 Å². The highest BCUT2D eigenvalue weighted by atomic mass is 32.2. The van der Waals surface area contributed by atoms with Crippen molar-refractivity contribution in [2.24, 2.45) is 0 Å². The number of nitrogens with one attached hydrogen (secondary N) is 1. The maximum atomic E-state index is 12.4. The first kappa shape index (κ1) is 13.3. The van der Waals surface area contributed by atoms with Crippen molar-refractivity contribution >= 4 is 27.5 Å². The van der Waals surface area contributed by atoms with Gasteiger partial charge in [0.2, 0.25) is 0 Å². The highest BCUT2D eigenvalue weighted by Gasteiger charge is 2.12. The number of hydrogen-bond acceptors (Lipinski definition) is 4. The number of benzene rings is 2. The number of fused-ring (bicyclic) bond motifs is 1. The molecule has 0 aliphatic carbocycles. The number of imidazole rings is 1. The highest BCUT2D eigenvalue weighted by molar-refractivity contribution is 7.84. The molecule has 21 heavy (non-hydrogen) atoms. The maximum absolute atomic E-state index is 12.4. The third-order valence-electron chi connectivity index (χ3n) is 3.12. The van der Waals surface area contributed by atoms with Gasteiger partial charge in [0.15, 0.2) is 5.16 Å². The van der Waals surface area contributed by atoms with Crippen LogP contribution in [0.15, 0.2) is 47.6 Å². The molecule has 104 valence electrons. The minimum atomic E-state index is -1.34. The number of aromatic amines is 1. The minimum absolute atomic E-state index is 0.249. The summed E-state index contributed by atoms with van der Waals surface area (Å²) in [6.07, 6.45) is 0. The molecule has 5 nitrogen and oxygen atoms in total. The lowest BCUT2D eigenvalue weighted by Gasteiger charge is -2.01. The van der Waals surface area contributed by atoms with Gasteiger partial charge in [0.25, 0.3) is 0 Å². The summed E-state index contributed by atoms with van der Waals surface area (Å²) >= 11 is 0. The lowest BCUT2D eigenvalue weighted by atomic mass is 10.1. The van der Waals surface area contributed by atoms with Crippen LogP contribution in [0.1, 0.15) is 11.1 Å². The van der Waals surface area contributed by atoms with E-state index in [-0.39, 0.29) is 5.75 Å². The second-order valence-corrected chi connectivity index (χ2v) is 5.94. The predicted octanol–water partition coefficient (Wildman–Crippen LogP) is 2.32. The lowest BCUT2D eigenvalue weighted by molar-refractivity contribution is 0.677. The fourth-order valence-corrected chi connectivity index (χ4v) is 3.17. The van der Waals surface area contributed by atoms with Gasteiger partial charge in [-0.2, -0.15) is 5.26 Å². The number of nitrogens with zero attached hydrogens (tertiary/aromatic N) is 2. The zero-order valence-electron chi connectivity index (χ0n) is 11.0. The van der Waals surface area contributed by atoms with Crippen LogP contribution in [0.25, 0.3) is 11.0 Å². The molecule has 3 aromatic rings. The molecule has 1 aromatic heterocycles. The molecule has 1 unspecified atom stereocenters. The molecule has 0 saturated carbocycles. The van der Waals surface area contributed by atoms with E-state index in [0.29, 0.717) is 16.4 Å². The van der Waals surface area contributed by atoms with E-state index in [1.165, 1.54) is 0 Å². The van der Waals surface area contributed by atoms with Gasteiger partial charge >= 0.3 is 0 Å². The van der Waals surface area contributed by atoms with Gasteiger partial charge in [-0.15, -0.1) is 0 Å². The van der Waals surface area contributed by atoms with Gasteiger partial charge in [0, 0.05) is 5.69 Å². The normalized spacial score (nSPS) is 12.1. The summed E-state index contributed by atoms with van der Waals surface area (Å²) in [6.45, 7) is 0. The van der Waals surface area contributed by atoms with Crippen molar-refractivity contribution in [2.45, 2.75) is 10.9 Å². The molecule has 6 heteroatoms. The van der Waals surface area contributed by atoms with Crippen molar-refractivity contribution in [3.05, 3.63) is 53.6 Å². The molecule has 0 fully saturated rings. The van der Waals surface area contributed by atoms with E-state index in [1.807, 2.05) is 6.07 Å². The van der Waals surface area contributed by atoms with Crippen molar-refractivity contribution in [1.29, 1.82) is 5.26 Å². The Balaban J connectivity index is 1.92. The molecule has 1 atom stereocenters. The van der Waals surface area contributed by atoms with E-state index in [4.69, 9.17) is 11.0 Å². The van der Waals surface area contributed by atoms with Crippen LogP contribution >= 0.6 is 0 Å². The molecule has 0 saturated heterocycles. The third kappa shape index (κ3) is 2.64. The number of aromatic nitrogens is 2. The largest absolute Gasteiger partial charge is 0.399 e. The SMILES string of the molecule is N#Cc1ccccc1CS(=O)c1nc2ccc(N)cc2[nH]1. The summed E-state index contributed by atoms with van der Waals surface area (Å²) in [5.41, 5.74) is 9.10. The van der Waals surface area contributed by atoms with E-state index in [1.54, 1.807) is 36.4 Å². The van der Waals surface area contributed by atoms with Crippen molar-refractivity contribution in [1.82, 2.24) is 9.97 Å². The standard InChI is InChI=1S/C15H12N4OS/c16-8-10-3-1-2-4-11(10)9-21(20)15-18-13-6-5-12(17)7-14(13)19-15/h1-7H,9,17H2,(H,18,19). The number of anilines is 1. The van der Waals surface area contributed by atoms with Crippen molar-refractivity contribution in [3.8, 4) is 6.07 Å². The maximum Gasteiger partial charge on any atom is 0.197 e. The van der Waals surface area contributed by atoms with E-state index in [2.05, 4.69) is 16.0 Å². The van der Waals surface area contributed by atoms with E-state index >= 15 is 0 Å². The van der Waals surface area contributed by atoms with Crippen LogP contribution in [0.3, 0.4) is 0 Å². The highest BCUT2D eigenvalue weighted by Crippen LogP contribution is 2.19. The Labute approximate surface area is 123 Å². The molecule has 0 radical (unpaired) electrons. The van der Waals surface area contributed by atoms with Crippen LogP contribution in [0.4, 0.5) is 5.69 Å². The molecule has 0 aliphatic rings. The number of hydrogen-bond donors (Lipinski definition) is 2. The first-order valence-electron chi connectivity index (χ1n) is 6.29. The molecule has 0 spiro atoms. The Hall–Kier alpha value is -2.65. The predicted molar refractivity (Wildman–Crippen MR) is 81.8 cm³/mol. The lowest BCUT2D eigenvalue weighted by Crippen LogP contribution is -2.00. The zero-order valence-corrected chi connectivity index (χ0v) is 11.9. The summed E-state index contributed by atoms with van der Waals surface area (Å²) in [7, 11) is -1.34. The topological polar surface area (TPSA) is 95.6 Å². The van der Waals surface area contributed by atoms with Gasteiger partial charge in [-0.05, 0) is 29.8 Å². The van der Waals surface area contributed by atoms with Gasteiger partial charge in [0.1, 0.15) is 0 Å². The molecule has 0 bridgehead atoms. The number of H-pyrrole nitrogens is 1. The Kier molecular flexibility index (Phi) is 3.42. The van der Waals surface area contributed by atoms with Crippen LogP contribution in [0, 0.1) is 11.3 Å². The average Bonchev–Trinajstić information content (AvgIpc) is 2.91. The van der Waals surface area contributed by atoms with Gasteiger partial charge < -0.3 is 10.7 Å². The fraction of sp³-hybridized carbons (Fsp3) is 0.0667. The molecular weight excluding hydrogens is 284 g/mol. The van der Waals surface area contributed by atoms with Crippen molar-refractivity contribution < 1.29 is 4.21 Å². The molecule has 1 heterocycles. The number of nitrogen functional groups attached to an aromatic ring is 1. The quantitative estimate of drug-likeness (QED) is 0.725. The van der Waals surface area contributed by atoms with Crippen LogP contribution in [0.5, 0.6) is 0 Å². The van der Waals surface area contributed by atoms with Crippen molar-refractivity contribution in [2.75, 3.05) is 5.73 Å². The monoisotopic (exact) mass is 296 g/mol. The summed E-state index contributed by atoms with van der Waals surface area (Å²) in [5.74, 6) is 0.249. The molecule has 3 N–H and O–H groups in total. The smallest absolute Gasteiger partial charge is 0.197 e. The Morgan fingerprint density at radius 1 is 1.29 bits per heavy atom. The van der Waals surface area contributed by atoms with E-state index in [0.717, 1.165) is 16.6 Å². The van der Waals surface area contributed by atoms with Crippen molar-refractivity contribution in [3.63, 3.8) is 0 Å². The Morgan fingerprint density at radius 3 is 2.90 bits per heavy atom. The number of nitrogens with two attached hydrogens (primary N) is 1. The summed E-state index contributed by atoms with van der Waals surface area (Å²) in [6, 6.07) is 14.5. The van der Waals surface area contributed by atoms with Gasteiger partial charge in [-0.25, -0.2) is 4.98 Å². The number of rotatable bonds is 3. The Bertz CT molecular complexity index is 879. The Morgan fingerprint density at radius 2 is 2.10 bits per heavy atom. The fourth-order valence-electron chi connectivity index (χ4n) is 2.08. The molecule has 0 aliphatic heterocycles. The van der Waals surface area contributed by atoms with Crippen LogP contribution < -0.4 is 5.73 Å². The minimum Gasteiger partial charge on any atom is -0.399 e. The molecular formula is C15H12N4OS. The summed E-state index contributed by atoms with van der Waals surface area (Å²) in [5, 5.41) is 9.45. The zero-order chi connectivity index (χ0) is 14.8. The average molecular weight is 296 g/mol. The third-order valence-corrected chi connectivity index (χ3v) is 4.32. The second kappa shape index (κ2) is 5.38. The number of nitriles is 1. The first-order valence-corrected chi connectivity index (χ1v) is 7.61. The van der Waals surface area contributed by atoms with Crippen LogP contribution in [-0.4, -0.2) is 14.2 Å². The van der Waals surface area contributed by atoms with E-state index < -0.39 is 10.8 Å². The van der Waals surface area contributed by atoms with Crippen LogP contribution in [-0.2, 0) is 16.6 Å². The van der Waals surface area contributed by atoms with E-state index in [9.17, 15) is 4.21 Å². The van der Waals surface area contributed by atoms with Crippen LogP contribution in [0.2, 0.25) is 0 Å². The van der Waals surface area contributed by atoms with Gasteiger partial charge in [-0.1, -0.05) is 18.2 Å². The summed E-state index contributed by atoms with van der Waals surface area (Å²) < 4.78 is 12.4. The summed E-state index contributed by atoms with van der Waals surface area (Å²) in [4.78, 5) is 7.33. The molecule has 2 aromatic carbocycles.